The third-order valence-electron chi connectivity index (χ3n) is 1.68. The molecule has 72 valence electrons. The molecule has 6 nitrogen and oxygen atoms in total. The minimum Gasteiger partial charge on any atom is -0.476 e. The molecule has 0 atom stereocenters. The van der Waals surface area contributed by atoms with Crippen LogP contribution in [0, 0.1) is 0 Å². The minimum atomic E-state index is -1.16. The molecule has 2 heterocycles. The van der Waals surface area contributed by atoms with Gasteiger partial charge in [0.1, 0.15) is 5.69 Å². The van der Waals surface area contributed by atoms with Crippen LogP contribution < -0.4 is 5.73 Å². The first-order chi connectivity index (χ1) is 6.59. The molecule has 0 saturated carbocycles. The number of nitrogen functional groups attached to an aromatic ring is 1. The number of aromatic carboxylic acids is 1. The summed E-state index contributed by atoms with van der Waals surface area (Å²) in [6, 6.07) is 0. The number of carbonyl (C=O) groups is 1. The molecule has 0 amide bonds. The van der Waals surface area contributed by atoms with E-state index in [1.807, 2.05) is 0 Å². The van der Waals surface area contributed by atoms with Gasteiger partial charge in [0.15, 0.2) is 11.3 Å². The van der Waals surface area contributed by atoms with Crippen molar-refractivity contribution in [1.82, 2.24) is 14.6 Å². The molecule has 0 spiro atoms. The Morgan fingerprint density at radius 3 is 3.00 bits per heavy atom. The van der Waals surface area contributed by atoms with Gasteiger partial charge in [-0.05, 0) is 15.9 Å². The van der Waals surface area contributed by atoms with Crippen LogP contribution in [0.4, 0.5) is 5.69 Å². The first kappa shape index (κ1) is 8.95. The lowest BCUT2D eigenvalue weighted by atomic mass is 10.4. The zero-order chi connectivity index (χ0) is 10.3. The summed E-state index contributed by atoms with van der Waals surface area (Å²) in [5, 5.41) is 12.5. The Balaban J connectivity index is 2.79. The fourth-order valence-corrected chi connectivity index (χ4v) is 1.38. The van der Waals surface area contributed by atoms with Crippen molar-refractivity contribution in [3.05, 3.63) is 22.6 Å². The molecule has 14 heavy (non-hydrogen) atoms. The van der Waals surface area contributed by atoms with Crippen LogP contribution in [0.1, 0.15) is 10.5 Å². The highest BCUT2D eigenvalue weighted by molar-refractivity contribution is 9.10. The van der Waals surface area contributed by atoms with Crippen molar-refractivity contribution in [1.29, 1.82) is 0 Å². The molecule has 7 heteroatoms. The zero-order valence-corrected chi connectivity index (χ0v) is 8.39. The topological polar surface area (TPSA) is 93.5 Å². The summed E-state index contributed by atoms with van der Waals surface area (Å²) in [6.45, 7) is 0. The number of aromatic nitrogens is 3. The van der Waals surface area contributed by atoms with Crippen LogP contribution in [0.3, 0.4) is 0 Å². The van der Waals surface area contributed by atoms with E-state index < -0.39 is 5.97 Å². The van der Waals surface area contributed by atoms with E-state index in [1.54, 1.807) is 6.20 Å². The lowest BCUT2D eigenvalue weighted by Crippen LogP contribution is -2.01. The molecule has 0 aliphatic heterocycles. The van der Waals surface area contributed by atoms with E-state index in [0.717, 1.165) is 0 Å². The first-order valence-corrected chi connectivity index (χ1v) is 4.41. The molecule has 2 aromatic heterocycles. The smallest absolute Gasteiger partial charge is 0.358 e. The van der Waals surface area contributed by atoms with E-state index in [9.17, 15) is 4.79 Å². The maximum absolute atomic E-state index is 10.7. The van der Waals surface area contributed by atoms with Crippen LogP contribution in [-0.2, 0) is 0 Å². The van der Waals surface area contributed by atoms with Gasteiger partial charge in [0.2, 0.25) is 0 Å². The van der Waals surface area contributed by atoms with Crippen molar-refractivity contribution in [3.63, 3.8) is 0 Å². The fourth-order valence-electron chi connectivity index (χ4n) is 1.09. The highest BCUT2D eigenvalue weighted by Gasteiger charge is 2.16. The van der Waals surface area contributed by atoms with Crippen LogP contribution in [0.5, 0.6) is 0 Å². The average molecular weight is 257 g/mol. The van der Waals surface area contributed by atoms with Crippen molar-refractivity contribution in [2.75, 3.05) is 5.73 Å². The molecule has 0 saturated heterocycles. The number of carboxylic acids is 1. The van der Waals surface area contributed by atoms with Crippen molar-refractivity contribution in [2.45, 2.75) is 0 Å². The minimum absolute atomic E-state index is 0.0741. The second-order valence-corrected chi connectivity index (χ2v) is 3.52. The molecule has 0 aliphatic rings. The quantitative estimate of drug-likeness (QED) is 0.786. The standard InChI is InChI=1S/C7H5BrN4O2/c8-3-1-10-6-4(9)5(7(13)14)11-12(6)2-3/h1-2H,9H2,(H,13,14). The molecule has 0 bridgehead atoms. The molecule has 0 fully saturated rings. The highest BCUT2D eigenvalue weighted by atomic mass is 79.9. The molecule has 0 aliphatic carbocycles. The molecule has 0 aromatic carbocycles. The molecular formula is C7H5BrN4O2. The van der Waals surface area contributed by atoms with Crippen LogP contribution in [-0.4, -0.2) is 25.7 Å². The first-order valence-electron chi connectivity index (χ1n) is 3.62. The van der Waals surface area contributed by atoms with Crippen LogP contribution >= 0.6 is 15.9 Å². The van der Waals surface area contributed by atoms with E-state index in [0.29, 0.717) is 10.1 Å². The summed E-state index contributed by atoms with van der Waals surface area (Å²) in [7, 11) is 0. The van der Waals surface area contributed by atoms with E-state index in [1.165, 1.54) is 10.7 Å². The van der Waals surface area contributed by atoms with Crippen LogP contribution in [0.25, 0.3) is 5.65 Å². The predicted octanol–water partition coefficient (Wildman–Crippen LogP) is 0.772. The van der Waals surface area contributed by atoms with Gasteiger partial charge in [0.05, 0.1) is 4.47 Å². The van der Waals surface area contributed by atoms with Gasteiger partial charge in [0.25, 0.3) is 0 Å². The number of halogens is 1. The number of hydrogen-bond acceptors (Lipinski definition) is 4. The molecular weight excluding hydrogens is 252 g/mol. The van der Waals surface area contributed by atoms with Gasteiger partial charge in [-0.15, -0.1) is 0 Å². The Bertz CT molecular complexity index is 522. The Morgan fingerprint density at radius 1 is 1.64 bits per heavy atom. The molecule has 3 N–H and O–H groups in total. The Morgan fingerprint density at radius 2 is 2.36 bits per heavy atom. The number of nitrogens with zero attached hydrogens (tertiary/aromatic N) is 3. The lowest BCUT2D eigenvalue weighted by Gasteiger charge is -1.92. The summed E-state index contributed by atoms with van der Waals surface area (Å²) in [6.07, 6.45) is 3.12. The number of nitrogens with two attached hydrogens (primary N) is 1. The van der Waals surface area contributed by atoms with Gasteiger partial charge in [-0.25, -0.2) is 14.3 Å². The molecule has 2 aromatic rings. The number of fused-ring (bicyclic) bond motifs is 1. The molecule has 0 radical (unpaired) electrons. The summed E-state index contributed by atoms with van der Waals surface area (Å²) in [5.41, 5.74) is 5.78. The summed E-state index contributed by atoms with van der Waals surface area (Å²) < 4.78 is 2.02. The van der Waals surface area contributed by atoms with Gasteiger partial charge in [0, 0.05) is 12.4 Å². The Hall–Kier alpha value is -1.63. The van der Waals surface area contributed by atoms with E-state index >= 15 is 0 Å². The van der Waals surface area contributed by atoms with Gasteiger partial charge < -0.3 is 10.8 Å². The van der Waals surface area contributed by atoms with Crippen LogP contribution in [0.2, 0.25) is 0 Å². The Labute approximate surface area is 86.5 Å². The number of rotatable bonds is 1. The SMILES string of the molecule is Nc1c(C(=O)O)nn2cc(Br)cnc12. The second-order valence-electron chi connectivity index (χ2n) is 2.61. The fraction of sp³-hybridized carbons (Fsp3) is 0. The third-order valence-corrected chi connectivity index (χ3v) is 2.09. The van der Waals surface area contributed by atoms with Gasteiger partial charge in [-0.3, -0.25) is 0 Å². The maximum atomic E-state index is 10.7. The second kappa shape index (κ2) is 2.95. The number of hydrogen-bond donors (Lipinski definition) is 2. The molecule has 0 unspecified atom stereocenters. The van der Waals surface area contributed by atoms with Crippen molar-refractivity contribution >= 4 is 33.2 Å². The molecule has 2 rings (SSSR count). The third kappa shape index (κ3) is 1.22. The number of carboxylic acid groups (broad SMARTS) is 1. The van der Waals surface area contributed by atoms with Crippen LogP contribution in [0.15, 0.2) is 16.9 Å². The summed E-state index contributed by atoms with van der Waals surface area (Å²) >= 11 is 3.19. The van der Waals surface area contributed by atoms with Gasteiger partial charge in [-0.2, -0.15) is 5.10 Å². The number of anilines is 1. The normalized spacial score (nSPS) is 10.6. The van der Waals surface area contributed by atoms with E-state index in [4.69, 9.17) is 10.8 Å². The van der Waals surface area contributed by atoms with Crippen molar-refractivity contribution in [3.8, 4) is 0 Å². The van der Waals surface area contributed by atoms with Crippen molar-refractivity contribution in [2.24, 2.45) is 0 Å². The van der Waals surface area contributed by atoms with Crippen molar-refractivity contribution < 1.29 is 9.90 Å². The maximum Gasteiger partial charge on any atom is 0.358 e. The summed E-state index contributed by atoms with van der Waals surface area (Å²) in [4.78, 5) is 14.6. The highest BCUT2D eigenvalue weighted by Crippen LogP contribution is 2.18. The average Bonchev–Trinajstić information content (AvgIpc) is 2.43. The van der Waals surface area contributed by atoms with Gasteiger partial charge in [-0.1, -0.05) is 0 Å². The monoisotopic (exact) mass is 256 g/mol. The Kier molecular flexibility index (Phi) is 1.88. The lowest BCUT2D eigenvalue weighted by molar-refractivity contribution is 0.0691. The summed E-state index contributed by atoms with van der Waals surface area (Å²) in [5.74, 6) is -1.16. The van der Waals surface area contributed by atoms with E-state index in [2.05, 4.69) is 26.0 Å². The predicted molar refractivity (Wildman–Crippen MR) is 52.1 cm³/mol. The zero-order valence-electron chi connectivity index (χ0n) is 6.81. The van der Waals surface area contributed by atoms with E-state index in [-0.39, 0.29) is 11.4 Å². The largest absolute Gasteiger partial charge is 0.476 e. The van der Waals surface area contributed by atoms with Gasteiger partial charge >= 0.3 is 5.97 Å².